The third-order valence-electron chi connectivity index (χ3n) is 2.05. The molecule has 98 valence electrons. The molecule has 0 radical (unpaired) electrons. The van der Waals surface area contributed by atoms with Gasteiger partial charge in [-0.05, 0) is 23.8 Å². The van der Waals surface area contributed by atoms with Gasteiger partial charge in [0.25, 0.3) is 6.43 Å². The largest absolute Gasteiger partial charge is 0.385 e. The van der Waals surface area contributed by atoms with Crippen LogP contribution in [0, 0.1) is 0 Å². The second kappa shape index (κ2) is 7.08. The summed E-state index contributed by atoms with van der Waals surface area (Å²) in [6.45, 7) is -0.490. The van der Waals surface area contributed by atoms with Crippen molar-refractivity contribution >= 4 is 23.6 Å². The van der Waals surface area contributed by atoms with Gasteiger partial charge in [0.05, 0.1) is 0 Å². The van der Waals surface area contributed by atoms with E-state index in [2.05, 4.69) is 5.32 Å². The van der Waals surface area contributed by atoms with Gasteiger partial charge in [0, 0.05) is 17.6 Å². The molecular weight excluding hydrogens is 264 g/mol. The maximum atomic E-state index is 11.9. The predicted molar refractivity (Wildman–Crippen MR) is 65.5 cm³/mol. The number of benzene rings is 1. The minimum Gasteiger partial charge on any atom is -0.385 e. The molecule has 1 aromatic carbocycles. The Balaban J connectivity index is 2.45. The Labute approximate surface area is 108 Å². The van der Waals surface area contributed by atoms with Gasteiger partial charge in [-0.25, -0.2) is 8.78 Å². The van der Waals surface area contributed by atoms with Crippen LogP contribution in [-0.4, -0.2) is 30.1 Å². The highest BCUT2D eigenvalue weighted by Gasteiger charge is 2.16. The number of alkyl halides is 2. The van der Waals surface area contributed by atoms with Gasteiger partial charge >= 0.3 is 0 Å². The molecule has 3 nitrogen and oxygen atoms in total. The zero-order valence-corrected chi connectivity index (χ0v) is 10.1. The van der Waals surface area contributed by atoms with E-state index >= 15 is 0 Å². The second-order valence-electron chi connectivity index (χ2n) is 3.54. The van der Waals surface area contributed by atoms with Crippen molar-refractivity contribution in [1.82, 2.24) is 5.32 Å². The Morgan fingerprint density at radius 2 is 2.22 bits per heavy atom. The van der Waals surface area contributed by atoms with Gasteiger partial charge in [-0.2, -0.15) is 0 Å². The fraction of sp³-hybridized carbons (Fsp3) is 0.250. The Morgan fingerprint density at radius 1 is 1.50 bits per heavy atom. The summed E-state index contributed by atoms with van der Waals surface area (Å²) in [5, 5.41) is 11.5. The van der Waals surface area contributed by atoms with Gasteiger partial charge < -0.3 is 10.4 Å². The number of hydrogen-bond acceptors (Lipinski definition) is 2. The summed E-state index contributed by atoms with van der Waals surface area (Å²) in [5.41, 5.74) is 0.715. The number of carbonyl (C=O) groups excluding carboxylic acids is 1. The summed E-state index contributed by atoms with van der Waals surface area (Å²) in [6.07, 6.45) is -2.05. The Morgan fingerprint density at radius 3 is 2.83 bits per heavy atom. The molecule has 0 bridgehead atoms. The molecular formula is C12H12ClF2NO2. The molecule has 1 rings (SSSR count). The van der Waals surface area contributed by atoms with E-state index in [0.29, 0.717) is 10.6 Å². The molecule has 0 saturated carbocycles. The number of aliphatic hydroxyl groups excluding tert-OH is 1. The first-order chi connectivity index (χ1) is 8.49. The molecule has 1 unspecified atom stereocenters. The van der Waals surface area contributed by atoms with Gasteiger partial charge in [-0.15, -0.1) is 0 Å². The van der Waals surface area contributed by atoms with E-state index < -0.39 is 25.0 Å². The number of rotatable bonds is 5. The van der Waals surface area contributed by atoms with Gasteiger partial charge in [-0.3, -0.25) is 4.79 Å². The van der Waals surface area contributed by atoms with E-state index in [1.54, 1.807) is 24.3 Å². The zero-order chi connectivity index (χ0) is 13.5. The highest BCUT2D eigenvalue weighted by atomic mass is 35.5. The molecule has 0 spiro atoms. The molecule has 2 N–H and O–H groups in total. The van der Waals surface area contributed by atoms with E-state index in [4.69, 9.17) is 16.7 Å². The lowest BCUT2D eigenvalue weighted by atomic mass is 10.2. The summed E-state index contributed by atoms with van der Waals surface area (Å²) in [6, 6.07) is 6.81. The maximum Gasteiger partial charge on any atom is 0.265 e. The summed E-state index contributed by atoms with van der Waals surface area (Å²) in [4.78, 5) is 11.2. The summed E-state index contributed by atoms with van der Waals surface area (Å²) >= 11 is 5.75. The molecule has 0 aliphatic rings. The quantitative estimate of drug-likeness (QED) is 0.809. The minimum absolute atomic E-state index is 0.490. The fourth-order valence-electron chi connectivity index (χ4n) is 1.14. The second-order valence-corrected chi connectivity index (χ2v) is 3.97. The molecule has 0 heterocycles. The van der Waals surface area contributed by atoms with Crippen LogP contribution >= 0.6 is 11.6 Å². The lowest BCUT2D eigenvalue weighted by Gasteiger charge is -2.08. The average molecular weight is 276 g/mol. The van der Waals surface area contributed by atoms with Crippen LogP contribution in [0.1, 0.15) is 5.56 Å². The maximum absolute atomic E-state index is 11.9. The fourth-order valence-corrected chi connectivity index (χ4v) is 1.33. The topological polar surface area (TPSA) is 49.3 Å². The third-order valence-corrected chi connectivity index (χ3v) is 2.29. The van der Waals surface area contributed by atoms with E-state index in [1.165, 1.54) is 12.2 Å². The molecule has 1 atom stereocenters. The highest BCUT2D eigenvalue weighted by molar-refractivity contribution is 6.30. The van der Waals surface area contributed by atoms with Crippen molar-refractivity contribution in [2.75, 3.05) is 6.54 Å². The molecule has 0 aliphatic carbocycles. The Kier molecular flexibility index (Phi) is 5.74. The standard InChI is InChI=1S/C12H12ClF2NO2/c13-9-3-1-2-8(6-9)4-5-11(18)16-7-10(17)12(14)15/h1-6,10,12,17H,7H2,(H,16,18)/b5-4+. The van der Waals surface area contributed by atoms with Crippen molar-refractivity contribution in [2.24, 2.45) is 0 Å². The monoisotopic (exact) mass is 275 g/mol. The predicted octanol–water partition coefficient (Wildman–Crippen LogP) is 2.10. The van der Waals surface area contributed by atoms with Crippen LogP contribution in [0.4, 0.5) is 8.78 Å². The Hall–Kier alpha value is -1.46. The number of nitrogens with one attached hydrogen (secondary N) is 1. The van der Waals surface area contributed by atoms with Gasteiger partial charge in [-0.1, -0.05) is 23.7 Å². The lowest BCUT2D eigenvalue weighted by molar-refractivity contribution is -0.117. The average Bonchev–Trinajstić information content (AvgIpc) is 2.33. The molecule has 18 heavy (non-hydrogen) atoms. The highest BCUT2D eigenvalue weighted by Crippen LogP contribution is 2.11. The van der Waals surface area contributed by atoms with Gasteiger partial charge in [0.15, 0.2) is 0 Å². The molecule has 0 saturated heterocycles. The van der Waals surface area contributed by atoms with Crippen molar-refractivity contribution in [3.8, 4) is 0 Å². The summed E-state index contributed by atoms with van der Waals surface area (Å²) < 4.78 is 23.9. The van der Waals surface area contributed by atoms with E-state index in [1.807, 2.05) is 0 Å². The van der Waals surface area contributed by atoms with Crippen LogP contribution in [-0.2, 0) is 4.79 Å². The van der Waals surface area contributed by atoms with Crippen molar-refractivity contribution in [3.05, 3.63) is 40.9 Å². The van der Waals surface area contributed by atoms with Crippen LogP contribution in [0.5, 0.6) is 0 Å². The van der Waals surface area contributed by atoms with Crippen molar-refractivity contribution < 1.29 is 18.7 Å². The molecule has 1 aromatic rings. The number of aliphatic hydroxyl groups is 1. The lowest BCUT2D eigenvalue weighted by Crippen LogP contribution is -2.34. The SMILES string of the molecule is O=C(/C=C/c1cccc(Cl)c1)NCC(O)C(F)F. The van der Waals surface area contributed by atoms with E-state index in [9.17, 15) is 13.6 Å². The summed E-state index contributed by atoms with van der Waals surface area (Å²) in [7, 11) is 0. The van der Waals surface area contributed by atoms with Crippen LogP contribution in [0.2, 0.25) is 5.02 Å². The molecule has 1 amide bonds. The number of hydrogen-bond donors (Lipinski definition) is 2. The van der Waals surface area contributed by atoms with Gasteiger partial charge in [0.2, 0.25) is 5.91 Å². The van der Waals surface area contributed by atoms with Crippen molar-refractivity contribution in [1.29, 1.82) is 0 Å². The summed E-state index contributed by atoms with van der Waals surface area (Å²) in [5.74, 6) is -0.560. The zero-order valence-electron chi connectivity index (χ0n) is 9.32. The molecule has 0 fully saturated rings. The van der Waals surface area contributed by atoms with E-state index in [-0.39, 0.29) is 0 Å². The minimum atomic E-state index is -2.87. The third kappa shape index (κ3) is 5.25. The van der Waals surface area contributed by atoms with Crippen LogP contribution < -0.4 is 5.32 Å². The van der Waals surface area contributed by atoms with E-state index in [0.717, 1.165) is 0 Å². The van der Waals surface area contributed by atoms with Crippen LogP contribution in [0.25, 0.3) is 6.08 Å². The smallest absolute Gasteiger partial charge is 0.265 e. The number of amides is 1. The molecule has 0 aliphatic heterocycles. The van der Waals surface area contributed by atoms with Crippen molar-refractivity contribution in [2.45, 2.75) is 12.5 Å². The van der Waals surface area contributed by atoms with Crippen LogP contribution in [0.15, 0.2) is 30.3 Å². The first kappa shape index (κ1) is 14.6. The number of halogens is 3. The number of carbonyl (C=O) groups is 1. The first-order valence-electron chi connectivity index (χ1n) is 5.16. The normalized spacial score (nSPS) is 12.9. The molecule has 0 aromatic heterocycles. The Bertz CT molecular complexity index is 438. The molecule has 6 heteroatoms. The first-order valence-corrected chi connectivity index (χ1v) is 5.54. The van der Waals surface area contributed by atoms with Crippen LogP contribution in [0.3, 0.4) is 0 Å². The van der Waals surface area contributed by atoms with Gasteiger partial charge in [0.1, 0.15) is 6.10 Å². The van der Waals surface area contributed by atoms with Crippen molar-refractivity contribution in [3.63, 3.8) is 0 Å².